The van der Waals surface area contributed by atoms with Crippen molar-refractivity contribution in [3.63, 3.8) is 0 Å². The van der Waals surface area contributed by atoms with Crippen LogP contribution in [0.5, 0.6) is 11.5 Å². The summed E-state index contributed by atoms with van der Waals surface area (Å²) in [6, 6.07) is 14.2. The zero-order valence-electron chi connectivity index (χ0n) is 9.82. The maximum Gasteiger partial charge on any atom is 0.151 e. The van der Waals surface area contributed by atoms with E-state index in [4.69, 9.17) is 0 Å². The molecule has 0 saturated heterocycles. The lowest BCUT2D eigenvalue weighted by Crippen LogP contribution is -1.78. The highest BCUT2D eigenvalue weighted by molar-refractivity contribution is 7.18. The lowest BCUT2D eigenvalue weighted by molar-refractivity contribution is 0.452. The Morgan fingerprint density at radius 2 is 1.58 bits per heavy atom. The zero-order valence-corrected chi connectivity index (χ0v) is 10.6. The molecule has 1 heterocycles. The molecular weight excluding hydrogens is 260 g/mol. The van der Waals surface area contributed by atoms with E-state index in [1.54, 1.807) is 6.07 Å². The number of hydrogen-bond donors (Lipinski definition) is 2. The molecule has 0 aliphatic rings. The van der Waals surface area contributed by atoms with Gasteiger partial charge in [0.05, 0.1) is 5.56 Å². The van der Waals surface area contributed by atoms with E-state index in [0.29, 0.717) is 10.6 Å². The third-order valence-corrected chi connectivity index (χ3v) is 3.66. The van der Waals surface area contributed by atoms with Crippen molar-refractivity contribution >= 4 is 11.3 Å². The van der Waals surface area contributed by atoms with Crippen LogP contribution in [0.15, 0.2) is 48.5 Å². The summed E-state index contributed by atoms with van der Waals surface area (Å²) in [5, 5.41) is 28.7. The number of aromatic nitrogens is 2. The van der Waals surface area contributed by atoms with Crippen LogP contribution in [0.2, 0.25) is 0 Å². The second kappa shape index (κ2) is 4.70. The predicted octanol–water partition coefficient (Wildman–Crippen LogP) is 3.28. The number of aromatic hydroxyl groups is 2. The van der Waals surface area contributed by atoms with Crippen molar-refractivity contribution in [3.05, 3.63) is 48.5 Å². The van der Waals surface area contributed by atoms with E-state index in [1.807, 2.05) is 30.3 Å². The summed E-state index contributed by atoms with van der Waals surface area (Å²) >= 11 is 1.40. The average Bonchev–Trinajstić information content (AvgIpc) is 2.89. The summed E-state index contributed by atoms with van der Waals surface area (Å²) in [4.78, 5) is 0. The number of phenols is 2. The van der Waals surface area contributed by atoms with Crippen molar-refractivity contribution in [1.82, 2.24) is 10.2 Å². The molecule has 94 valence electrons. The number of nitrogens with zero attached hydrogens (tertiary/aromatic N) is 2. The molecule has 0 radical (unpaired) electrons. The maximum atomic E-state index is 9.80. The Kier molecular flexibility index (Phi) is 2.89. The number of rotatable bonds is 2. The normalized spacial score (nSPS) is 10.5. The number of phenolic OH excluding ortho intramolecular Hbond substituents is 2. The first-order valence-corrected chi connectivity index (χ1v) is 6.47. The molecular formula is C14H10N2O2S. The molecule has 2 N–H and O–H groups in total. The molecule has 3 rings (SSSR count). The smallest absolute Gasteiger partial charge is 0.151 e. The molecule has 0 bridgehead atoms. The van der Waals surface area contributed by atoms with E-state index in [-0.39, 0.29) is 11.5 Å². The quantitative estimate of drug-likeness (QED) is 0.750. The van der Waals surface area contributed by atoms with Gasteiger partial charge >= 0.3 is 0 Å². The van der Waals surface area contributed by atoms with Crippen molar-refractivity contribution in [3.8, 4) is 32.6 Å². The van der Waals surface area contributed by atoms with Gasteiger partial charge in [-0.05, 0) is 12.1 Å². The van der Waals surface area contributed by atoms with Gasteiger partial charge < -0.3 is 10.2 Å². The van der Waals surface area contributed by atoms with Crippen molar-refractivity contribution < 1.29 is 10.2 Å². The predicted molar refractivity (Wildman–Crippen MR) is 74.1 cm³/mol. The Balaban J connectivity index is 2.02. The fourth-order valence-electron chi connectivity index (χ4n) is 1.73. The summed E-state index contributed by atoms with van der Waals surface area (Å²) in [7, 11) is 0. The molecule has 1 aromatic heterocycles. The Morgan fingerprint density at radius 3 is 2.32 bits per heavy atom. The zero-order chi connectivity index (χ0) is 13.2. The van der Waals surface area contributed by atoms with E-state index >= 15 is 0 Å². The van der Waals surface area contributed by atoms with Crippen LogP contribution in [-0.2, 0) is 0 Å². The Hall–Kier alpha value is -2.40. The van der Waals surface area contributed by atoms with Gasteiger partial charge in [-0.2, -0.15) is 0 Å². The molecule has 0 aliphatic carbocycles. The lowest BCUT2D eigenvalue weighted by atomic mass is 10.2. The van der Waals surface area contributed by atoms with Gasteiger partial charge in [0.1, 0.15) is 16.5 Å². The molecule has 0 amide bonds. The minimum absolute atomic E-state index is 0.00392. The molecule has 3 aromatic rings. The SMILES string of the molecule is Oc1ccc(-c2nnc(-c3ccccc3)s2)c(O)c1. The Morgan fingerprint density at radius 1 is 0.842 bits per heavy atom. The summed E-state index contributed by atoms with van der Waals surface area (Å²) in [6.45, 7) is 0. The lowest BCUT2D eigenvalue weighted by Gasteiger charge is -2.00. The molecule has 0 unspecified atom stereocenters. The average molecular weight is 270 g/mol. The van der Waals surface area contributed by atoms with Crippen molar-refractivity contribution in [2.75, 3.05) is 0 Å². The highest BCUT2D eigenvalue weighted by atomic mass is 32.1. The molecule has 0 saturated carbocycles. The highest BCUT2D eigenvalue weighted by Gasteiger charge is 2.12. The van der Waals surface area contributed by atoms with Gasteiger partial charge in [0, 0.05) is 11.6 Å². The Bertz CT molecular complexity index is 710. The van der Waals surface area contributed by atoms with E-state index < -0.39 is 0 Å². The molecule has 0 spiro atoms. The standard InChI is InChI=1S/C14H10N2O2S/c17-10-6-7-11(12(18)8-10)14-16-15-13(19-14)9-4-2-1-3-5-9/h1-8,17-18H. The van der Waals surface area contributed by atoms with Crippen LogP contribution < -0.4 is 0 Å². The molecule has 2 aromatic carbocycles. The van der Waals surface area contributed by atoms with E-state index in [2.05, 4.69) is 10.2 Å². The van der Waals surface area contributed by atoms with Gasteiger partial charge in [0.15, 0.2) is 5.01 Å². The largest absolute Gasteiger partial charge is 0.508 e. The molecule has 0 atom stereocenters. The summed E-state index contributed by atoms with van der Waals surface area (Å²) < 4.78 is 0. The van der Waals surface area contributed by atoms with Crippen molar-refractivity contribution in [1.29, 1.82) is 0 Å². The van der Waals surface area contributed by atoms with Gasteiger partial charge in [-0.3, -0.25) is 0 Å². The van der Waals surface area contributed by atoms with E-state index in [9.17, 15) is 10.2 Å². The minimum atomic E-state index is -0.00392. The second-order valence-corrected chi connectivity index (χ2v) is 4.96. The molecule has 19 heavy (non-hydrogen) atoms. The Labute approximate surface area is 113 Å². The summed E-state index contributed by atoms with van der Waals surface area (Å²) in [6.07, 6.45) is 0. The first-order valence-electron chi connectivity index (χ1n) is 5.65. The molecule has 5 heteroatoms. The van der Waals surface area contributed by atoms with Gasteiger partial charge in [0.2, 0.25) is 0 Å². The fraction of sp³-hybridized carbons (Fsp3) is 0. The van der Waals surface area contributed by atoms with E-state index in [1.165, 1.54) is 23.5 Å². The fourth-order valence-corrected chi connectivity index (χ4v) is 2.61. The monoisotopic (exact) mass is 270 g/mol. The minimum Gasteiger partial charge on any atom is -0.508 e. The second-order valence-electron chi connectivity index (χ2n) is 3.98. The third kappa shape index (κ3) is 2.28. The molecule has 4 nitrogen and oxygen atoms in total. The van der Waals surface area contributed by atoms with Crippen LogP contribution in [0.25, 0.3) is 21.1 Å². The summed E-state index contributed by atoms with van der Waals surface area (Å²) in [5.74, 6) is 0.0183. The van der Waals surface area contributed by atoms with Crippen molar-refractivity contribution in [2.24, 2.45) is 0 Å². The molecule has 0 fully saturated rings. The van der Waals surface area contributed by atoms with Gasteiger partial charge in [0.25, 0.3) is 0 Å². The first kappa shape index (κ1) is 11.7. The van der Waals surface area contributed by atoms with Gasteiger partial charge in [-0.15, -0.1) is 10.2 Å². The molecule has 0 aliphatic heterocycles. The van der Waals surface area contributed by atoms with Crippen LogP contribution >= 0.6 is 11.3 Å². The van der Waals surface area contributed by atoms with Crippen LogP contribution in [0.1, 0.15) is 0 Å². The maximum absolute atomic E-state index is 9.80. The first-order chi connectivity index (χ1) is 9.24. The van der Waals surface area contributed by atoms with Gasteiger partial charge in [-0.25, -0.2) is 0 Å². The highest BCUT2D eigenvalue weighted by Crippen LogP contribution is 2.36. The van der Waals surface area contributed by atoms with Crippen LogP contribution in [-0.4, -0.2) is 20.4 Å². The van der Waals surface area contributed by atoms with Crippen LogP contribution in [0.4, 0.5) is 0 Å². The number of hydrogen-bond acceptors (Lipinski definition) is 5. The van der Waals surface area contributed by atoms with Crippen LogP contribution in [0, 0.1) is 0 Å². The number of benzene rings is 2. The van der Waals surface area contributed by atoms with Crippen molar-refractivity contribution in [2.45, 2.75) is 0 Å². The van der Waals surface area contributed by atoms with Gasteiger partial charge in [-0.1, -0.05) is 41.7 Å². The topological polar surface area (TPSA) is 66.2 Å². The summed E-state index contributed by atoms with van der Waals surface area (Å²) in [5.41, 5.74) is 1.56. The van der Waals surface area contributed by atoms with E-state index in [0.717, 1.165) is 10.6 Å². The van der Waals surface area contributed by atoms with Crippen LogP contribution in [0.3, 0.4) is 0 Å². The third-order valence-electron chi connectivity index (χ3n) is 2.66.